The Labute approximate surface area is 325 Å². The molecule has 0 N–H and O–H groups in total. The lowest BCUT2D eigenvalue weighted by atomic mass is 9.68. The zero-order valence-corrected chi connectivity index (χ0v) is 31.1. The molecule has 0 saturated carbocycles. The van der Waals surface area contributed by atoms with Crippen LogP contribution in [0, 0.1) is 0 Å². The van der Waals surface area contributed by atoms with E-state index in [1.165, 1.54) is 81.1 Å². The van der Waals surface area contributed by atoms with Crippen molar-refractivity contribution in [3.8, 4) is 11.1 Å². The first-order valence-electron chi connectivity index (χ1n) is 19.2. The van der Waals surface area contributed by atoms with E-state index in [0.717, 1.165) is 24.2 Å². The van der Waals surface area contributed by atoms with Gasteiger partial charge in [0.25, 0.3) is 0 Å². The minimum absolute atomic E-state index is 0.440. The van der Waals surface area contributed by atoms with Gasteiger partial charge in [-0.1, -0.05) is 164 Å². The van der Waals surface area contributed by atoms with Crippen LogP contribution < -0.4 is 4.90 Å². The molecule has 11 rings (SSSR count). The third kappa shape index (κ3) is 4.92. The summed E-state index contributed by atoms with van der Waals surface area (Å²) in [6.45, 7) is 0. The van der Waals surface area contributed by atoms with Gasteiger partial charge in [0.05, 0.1) is 11.1 Å². The second-order valence-corrected chi connectivity index (χ2v) is 15.8. The molecule has 260 valence electrons. The van der Waals surface area contributed by atoms with Gasteiger partial charge in [0.2, 0.25) is 0 Å². The molecule has 0 bridgehead atoms. The second-order valence-electron chi connectivity index (χ2n) is 14.7. The zero-order valence-electron chi connectivity index (χ0n) is 30.3. The summed E-state index contributed by atoms with van der Waals surface area (Å²) in [5, 5.41) is 5.19. The number of hydrogen-bond donors (Lipinski definition) is 0. The molecule has 1 aromatic heterocycles. The number of hydrogen-bond acceptors (Lipinski definition) is 2. The minimum Gasteiger partial charge on any atom is -0.310 e. The van der Waals surface area contributed by atoms with Gasteiger partial charge >= 0.3 is 0 Å². The summed E-state index contributed by atoms with van der Waals surface area (Å²) >= 11 is 1.88. The molecule has 0 amide bonds. The maximum absolute atomic E-state index is 2.47. The summed E-state index contributed by atoms with van der Waals surface area (Å²) in [5.41, 5.74) is 13.5. The van der Waals surface area contributed by atoms with Crippen molar-refractivity contribution in [3.63, 3.8) is 0 Å². The van der Waals surface area contributed by atoms with E-state index in [4.69, 9.17) is 0 Å². The SMILES string of the molecule is C1=CCCC(c2ccc(N(c3ccc(C4(c5ccccc5)c5ccccc5-c5ccccc54)cc3)c3cc4sc5ccccc5c4c4ccccc34)cc2)=C1. The van der Waals surface area contributed by atoms with Crippen LogP contribution in [0.5, 0.6) is 0 Å². The molecule has 0 radical (unpaired) electrons. The van der Waals surface area contributed by atoms with Gasteiger partial charge in [0.15, 0.2) is 0 Å². The Hall–Kier alpha value is -6.48. The lowest BCUT2D eigenvalue weighted by Crippen LogP contribution is -2.28. The van der Waals surface area contributed by atoms with Crippen molar-refractivity contribution in [1.82, 2.24) is 0 Å². The number of nitrogens with zero attached hydrogens (tertiary/aromatic N) is 1. The molecule has 9 aromatic rings. The Morgan fingerprint density at radius 1 is 0.491 bits per heavy atom. The van der Waals surface area contributed by atoms with Gasteiger partial charge in [0, 0.05) is 36.9 Å². The molecule has 2 aliphatic rings. The van der Waals surface area contributed by atoms with Gasteiger partial charge < -0.3 is 4.90 Å². The third-order valence-electron chi connectivity index (χ3n) is 11.8. The summed E-state index contributed by atoms with van der Waals surface area (Å²) in [5.74, 6) is 0. The molecule has 0 spiro atoms. The Kier molecular flexibility index (Phi) is 7.46. The Bertz CT molecular complexity index is 2920. The summed E-state index contributed by atoms with van der Waals surface area (Å²) in [6, 6.07) is 67.9. The van der Waals surface area contributed by atoms with Crippen LogP contribution in [0.25, 0.3) is 47.6 Å². The monoisotopic (exact) mass is 719 g/mol. The van der Waals surface area contributed by atoms with Gasteiger partial charge in [-0.05, 0) is 99.1 Å². The van der Waals surface area contributed by atoms with Crippen LogP contribution >= 0.6 is 11.3 Å². The maximum Gasteiger partial charge on any atom is 0.0713 e. The number of fused-ring (bicyclic) bond motifs is 8. The van der Waals surface area contributed by atoms with Crippen molar-refractivity contribution in [3.05, 3.63) is 228 Å². The van der Waals surface area contributed by atoms with Crippen LogP contribution in [0.15, 0.2) is 200 Å². The summed E-state index contributed by atoms with van der Waals surface area (Å²) in [4.78, 5) is 2.47. The van der Waals surface area contributed by atoms with Gasteiger partial charge in [-0.2, -0.15) is 0 Å². The van der Waals surface area contributed by atoms with Crippen molar-refractivity contribution in [1.29, 1.82) is 0 Å². The normalized spacial score (nSPS) is 14.2. The number of rotatable bonds is 6. The lowest BCUT2D eigenvalue weighted by molar-refractivity contribution is 0.768. The average Bonchev–Trinajstić information content (AvgIpc) is 3.79. The molecule has 1 nitrogen and oxygen atoms in total. The Balaban J connectivity index is 1.14. The second kappa shape index (κ2) is 12.8. The molecule has 8 aromatic carbocycles. The van der Waals surface area contributed by atoms with Gasteiger partial charge in [-0.15, -0.1) is 11.3 Å². The highest BCUT2D eigenvalue weighted by Crippen LogP contribution is 2.56. The van der Waals surface area contributed by atoms with Crippen LogP contribution in [0.2, 0.25) is 0 Å². The maximum atomic E-state index is 2.47. The standard InChI is InChI=1S/C53H37NS/c1-3-15-36(16-4-1)37-27-31-40(32-28-37)54(49-35-51-52(45-22-8-7-21-44(45)49)46-23-11-14-26-50(46)55-51)41-33-29-39(30-34-41)53(38-17-5-2-6-18-38)47-24-12-9-19-42(47)43-20-10-13-25-48(43)53/h1-3,5-15,17-35H,4,16H2. The van der Waals surface area contributed by atoms with Crippen LogP contribution in [0.1, 0.15) is 40.7 Å². The van der Waals surface area contributed by atoms with Gasteiger partial charge in [-0.3, -0.25) is 0 Å². The number of allylic oxidation sites excluding steroid dienone is 4. The topological polar surface area (TPSA) is 3.24 Å². The molecule has 55 heavy (non-hydrogen) atoms. The Morgan fingerprint density at radius 2 is 1.07 bits per heavy atom. The van der Waals surface area contributed by atoms with Gasteiger partial charge in [0.1, 0.15) is 0 Å². The van der Waals surface area contributed by atoms with E-state index in [-0.39, 0.29) is 0 Å². The fourth-order valence-corrected chi connectivity index (χ4v) is 10.6. The van der Waals surface area contributed by atoms with Gasteiger partial charge in [-0.25, -0.2) is 0 Å². The van der Waals surface area contributed by atoms with Crippen LogP contribution in [-0.4, -0.2) is 0 Å². The molecule has 1 heterocycles. The van der Waals surface area contributed by atoms with Crippen LogP contribution in [-0.2, 0) is 5.41 Å². The highest BCUT2D eigenvalue weighted by molar-refractivity contribution is 7.26. The molecular formula is C53H37NS. The first-order chi connectivity index (χ1) is 27.3. The molecule has 0 atom stereocenters. The molecule has 0 saturated heterocycles. The fourth-order valence-electron chi connectivity index (χ4n) is 9.42. The van der Waals surface area contributed by atoms with Crippen LogP contribution in [0.4, 0.5) is 17.1 Å². The van der Waals surface area contributed by atoms with E-state index in [9.17, 15) is 0 Å². The first-order valence-corrected chi connectivity index (χ1v) is 20.1. The highest BCUT2D eigenvalue weighted by Gasteiger charge is 2.45. The smallest absolute Gasteiger partial charge is 0.0713 e. The minimum atomic E-state index is -0.440. The van der Waals surface area contributed by atoms with E-state index in [1.807, 2.05) is 11.3 Å². The molecular weight excluding hydrogens is 683 g/mol. The quantitative estimate of drug-likeness (QED) is 0.165. The Morgan fingerprint density at radius 3 is 1.76 bits per heavy atom. The predicted octanol–water partition coefficient (Wildman–Crippen LogP) is 14.8. The summed E-state index contributed by atoms with van der Waals surface area (Å²) in [6.07, 6.45) is 8.87. The molecule has 2 aliphatic carbocycles. The summed E-state index contributed by atoms with van der Waals surface area (Å²) in [7, 11) is 0. The van der Waals surface area contributed by atoms with E-state index in [1.54, 1.807) is 0 Å². The molecule has 2 heteroatoms. The number of anilines is 3. The van der Waals surface area contributed by atoms with Crippen molar-refractivity contribution < 1.29 is 0 Å². The van der Waals surface area contributed by atoms with Crippen molar-refractivity contribution >= 4 is 64.9 Å². The average molecular weight is 720 g/mol. The zero-order chi connectivity index (χ0) is 36.3. The van der Waals surface area contributed by atoms with E-state index in [2.05, 4.69) is 205 Å². The predicted molar refractivity (Wildman–Crippen MR) is 235 cm³/mol. The fraction of sp³-hybridized carbons (Fsp3) is 0.0566. The third-order valence-corrected chi connectivity index (χ3v) is 12.9. The van der Waals surface area contributed by atoms with E-state index >= 15 is 0 Å². The highest BCUT2D eigenvalue weighted by atomic mass is 32.1. The van der Waals surface area contributed by atoms with Crippen molar-refractivity contribution in [2.75, 3.05) is 4.90 Å². The summed E-state index contributed by atoms with van der Waals surface area (Å²) < 4.78 is 2.62. The van der Waals surface area contributed by atoms with Crippen LogP contribution in [0.3, 0.4) is 0 Å². The van der Waals surface area contributed by atoms with E-state index in [0.29, 0.717) is 0 Å². The first kappa shape index (κ1) is 32.0. The number of thiophene rings is 1. The molecule has 0 unspecified atom stereocenters. The van der Waals surface area contributed by atoms with Crippen molar-refractivity contribution in [2.45, 2.75) is 18.3 Å². The largest absolute Gasteiger partial charge is 0.310 e. The van der Waals surface area contributed by atoms with Crippen molar-refractivity contribution in [2.24, 2.45) is 0 Å². The van der Waals surface area contributed by atoms with E-state index < -0.39 is 5.41 Å². The molecule has 0 fully saturated rings. The lowest BCUT2D eigenvalue weighted by Gasteiger charge is -2.34. The number of benzene rings is 8. The molecule has 0 aliphatic heterocycles.